The minimum absolute atomic E-state index is 0.272. The van der Waals surface area contributed by atoms with Crippen molar-refractivity contribution in [3.05, 3.63) is 16.1 Å². The van der Waals surface area contributed by atoms with Gasteiger partial charge in [0.05, 0.1) is 5.01 Å². The molecule has 1 amide bonds. The molecule has 1 fully saturated rings. The molecule has 2 rings (SSSR count). The van der Waals surface area contributed by atoms with Gasteiger partial charge in [-0.15, -0.1) is 11.3 Å². The van der Waals surface area contributed by atoms with Crippen LogP contribution in [0.4, 0.5) is 0 Å². The second-order valence-corrected chi connectivity index (χ2v) is 6.16. The van der Waals surface area contributed by atoms with Crippen molar-refractivity contribution in [2.45, 2.75) is 45.1 Å². The molecule has 0 spiro atoms. The van der Waals surface area contributed by atoms with E-state index in [4.69, 9.17) is 5.11 Å². The fourth-order valence-electron chi connectivity index (χ4n) is 1.80. The molecule has 1 unspecified atom stereocenters. The molecular weight excluding hydrogens is 264 g/mol. The number of aromatic nitrogens is 1. The van der Waals surface area contributed by atoms with Crippen molar-refractivity contribution in [1.29, 1.82) is 0 Å². The molecule has 1 atom stereocenters. The molecule has 1 aromatic heterocycles. The molecule has 1 heterocycles. The van der Waals surface area contributed by atoms with Gasteiger partial charge in [-0.1, -0.05) is 26.7 Å². The molecule has 1 aliphatic carbocycles. The molecule has 2 N–H and O–H groups in total. The third-order valence-electron chi connectivity index (χ3n) is 3.12. The third-order valence-corrected chi connectivity index (χ3v) is 4.26. The lowest BCUT2D eigenvalue weighted by Crippen LogP contribution is -2.41. The summed E-state index contributed by atoms with van der Waals surface area (Å²) in [5.41, 5.74) is 0.316. The minimum Gasteiger partial charge on any atom is -0.480 e. The van der Waals surface area contributed by atoms with Gasteiger partial charge in [0, 0.05) is 11.3 Å². The maximum absolute atomic E-state index is 12.0. The van der Waals surface area contributed by atoms with Crippen LogP contribution in [0.25, 0.3) is 0 Å². The van der Waals surface area contributed by atoms with E-state index in [0.717, 1.165) is 17.8 Å². The highest BCUT2D eigenvalue weighted by atomic mass is 32.1. The Labute approximate surface area is 116 Å². The summed E-state index contributed by atoms with van der Waals surface area (Å²) in [5.74, 6) is -0.646. The number of thiazole rings is 1. The number of carboxylic acids is 1. The van der Waals surface area contributed by atoms with Crippen LogP contribution >= 0.6 is 11.3 Å². The van der Waals surface area contributed by atoms with Crippen LogP contribution in [0.1, 0.15) is 54.5 Å². The Bertz CT molecular complexity index is 480. The summed E-state index contributed by atoms with van der Waals surface area (Å²) in [6, 6.07) is -0.802. The number of aliphatic carboxylic acids is 1. The zero-order chi connectivity index (χ0) is 14.0. The van der Waals surface area contributed by atoms with Gasteiger partial charge in [0.15, 0.2) is 0 Å². The van der Waals surface area contributed by atoms with E-state index in [1.807, 2.05) is 13.8 Å². The first-order valence-corrected chi connectivity index (χ1v) is 7.34. The van der Waals surface area contributed by atoms with E-state index in [2.05, 4.69) is 10.3 Å². The second kappa shape index (κ2) is 5.69. The molecule has 1 saturated carbocycles. The van der Waals surface area contributed by atoms with Crippen molar-refractivity contribution in [2.75, 3.05) is 0 Å². The summed E-state index contributed by atoms with van der Waals surface area (Å²) in [6.07, 6.45) is 2.64. The average Bonchev–Trinajstić information content (AvgIpc) is 3.01. The van der Waals surface area contributed by atoms with E-state index in [1.54, 1.807) is 5.38 Å². The van der Waals surface area contributed by atoms with Crippen molar-refractivity contribution in [3.63, 3.8) is 0 Å². The number of nitrogens with one attached hydrogen (secondary N) is 1. The maximum Gasteiger partial charge on any atom is 0.326 e. The lowest BCUT2D eigenvalue weighted by Gasteiger charge is -2.12. The fraction of sp³-hybridized carbons (Fsp3) is 0.615. The molecule has 0 saturated heterocycles. The van der Waals surface area contributed by atoms with Crippen molar-refractivity contribution >= 4 is 23.2 Å². The van der Waals surface area contributed by atoms with Crippen molar-refractivity contribution in [1.82, 2.24) is 10.3 Å². The number of rotatable bonds is 6. The van der Waals surface area contributed by atoms with E-state index in [0.29, 0.717) is 18.0 Å². The smallest absolute Gasteiger partial charge is 0.326 e. The third kappa shape index (κ3) is 3.76. The van der Waals surface area contributed by atoms with Crippen molar-refractivity contribution in [2.24, 2.45) is 5.92 Å². The first kappa shape index (κ1) is 14.0. The minimum atomic E-state index is -0.973. The van der Waals surface area contributed by atoms with Crippen molar-refractivity contribution < 1.29 is 14.7 Å². The van der Waals surface area contributed by atoms with Gasteiger partial charge in [-0.3, -0.25) is 4.79 Å². The predicted octanol–water partition coefficient (Wildman–Crippen LogP) is 2.25. The average molecular weight is 282 g/mol. The Morgan fingerprint density at radius 2 is 2.21 bits per heavy atom. The van der Waals surface area contributed by atoms with Crippen LogP contribution < -0.4 is 5.32 Å². The predicted molar refractivity (Wildman–Crippen MR) is 72.4 cm³/mol. The van der Waals surface area contributed by atoms with Crippen LogP contribution in [0.15, 0.2) is 5.38 Å². The lowest BCUT2D eigenvalue weighted by atomic mass is 10.1. The second-order valence-electron chi connectivity index (χ2n) is 5.27. The summed E-state index contributed by atoms with van der Waals surface area (Å²) >= 11 is 1.43. The first-order valence-electron chi connectivity index (χ1n) is 6.46. The summed E-state index contributed by atoms with van der Waals surface area (Å²) in [7, 11) is 0. The van der Waals surface area contributed by atoms with Gasteiger partial charge in [0.2, 0.25) is 0 Å². The number of carbonyl (C=O) groups is 2. The van der Waals surface area contributed by atoms with Gasteiger partial charge in [-0.2, -0.15) is 0 Å². The van der Waals surface area contributed by atoms with Crippen LogP contribution in [0.2, 0.25) is 0 Å². The monoisotopic (exact) mass is 282 g/mol. The number of nitrogens with zero attached hydrogens (tertiary/aromatic N) is 1. The fourth-order valence-corrected chi connectivity index (χ4v) is 2.61. The van der Waals surface area contributed by atoms with E-state index in [-0.39, 0.29) is 5.92 Å². The van der Waals surface area contributed by atoms with Gasteiger partial charge in [0.1, 0.15) is 11.7 Å². The van der Waals surface area contributed by atoms with Crippen LogP contribution in [-0.4, -0.2) is 28.0 Å². The van der Waals surface area contributed by atoms with Gasteiger partial charge >= 0.3 is 5.97 Å². The highest BCUT2D eigenvalue weighted by Crippen LogP contribution is 2.33. The maximum atomic E-state index is 12.0. The van der Waals surface area contributed by atoms with E-state index in [9.17, 15) is 9.59 Å². The molecule has 5 nitrogen and oxygen atoms in total. The number of carbonyl (C=O) groups excluding carboxylic acids is 1. The number of hydrogen-bond donors (Lipinski definition) is 2. The molecule has 6 heteroatoms. The van der Waals surface area contributed by atoms with Crippen LogP contribution in [0.3, 0.4) is 0 Å². The molecule has 1 aromatic rings. The largest absolute Gasteiger partial charge is 0.480 e. The Hall–Kier alpha value is -1.43. The summed E-state index contributed by atoms with van der Waals surface area (Å²) < 4.78 is 0. The van der Waals surface area contributed by atoms with Gasteiger partial charge in [-0.05, 0) is 12.3 Å². The van der Waals surface area contributed by atoms with Crippen LogP contribution in [0.5, 0.6) is 0 Å². The zero-order valence-electron chi connectivity index (χ0n) is 11.0. The molecule has 104 valence electrons. The molecule has 19 heavy (non-hydrogen) atoms. The summed E-state index contributed by atoms with van der Waals surface area (Å²) in [6.45, 7) is 4.02. The zero-order valence-corrected chi connectivity index (χ0v) is 11.9. The van der Waals surface area contributed by atoms with E-state index >= 15 is 0 Å². The summed E-state index contributed by atoms with van der Waals surface area (Å²) in [4.78, 5) is 27.3. The SMILES string of the molecule is CC(C)c1nc(C(=O)NC(CC2CC2)C(=O)O)cs1. The van der Waals surface area contributed by atoms with Gasteiger partial charge in [0.25, 0.3) is 5.91 Å². The quantitative estimate of drug-likeness (QED) is 0.838. The number of carboxylic acid groups (broad SMARTS) is 1. The summed E-state index contributed by atoms with van der Waals surface area (Å²) in [5, 5.41) is 14.2. The normalized spacial score (nSPS) is 16.4. The Balaban J connectivity index is 1.98. The number of amides is 1. The van der Waals surface area contributed by atoms with Crippen LogP contribution in [-0.2, 0) is 4.79 Å². The lowest BCUT2D eigenvalue weighted by molar-refractivity contribution is -0.139. The number of hydrogen-bond acceptors (Lipinski definition) is 4. The molecular formula is C13H18N2O3S. The van der Waals surface area contributed by atoms with E-state index < -0.39 is 17.9 Å². The molecule has 0 bridgehead atoms. The molecule has 0 aromatic carbocycles. The van der Waals surface area contributed by atoms with Crippen molar-refractivity contribution in [3.8, 4) is 0 Å². The topological polar surface area (TPSA) is 79.3 Å². The first-order chi connectivity index (χ1) is 8.97. The Morgan fingerprint density at radius 3 is 2.68 bits per heavy atom. The Kier molecular flexibility index (Phi) is 4.19. The highest BCUT2D eigenvalue weighted by Gasteiger charge is 2.30. The van der Waals surface area contributed by atoms with Gasteiger partial charge < -0.3 is 10.4 Å². The highest BCUT2D eigenvalue weighted by molar-refractivity contribution is 7.09. The standard InChI is InChI=1S/C13H18N2O3S/c1-7(2)12-15-10(6-19-12)11(16)14-9(13(17)18)5-8-3-4-8/h6-9H,3-5H2,1-2H3,(H,14,16)(H,17,18). The Morgan fingerprint density at radius 1 is 1.53 bits per heavy atom. The molecule has 0 aliphatic heterocycles. The van der Waals surface area contributed by atoms with Gasteiger partial charge in [-0.25, -0.2) is 9.78 Å². The van der Waals surface area contributed by atoms with E-state index in [1.165, 1.54) is 11.3 Å². The van der Waals surface area contributed by atoms with Crippen LogP contribution in [0, 0.1) is 5.92 Å². The molecule has 0 radical (unpaired) electrons. The molecule has 1 aliphatic rings.